The minimum Gasteiger partial charge on any atom is -0.352 e. The Morgan fingerprint density at radius 2 is 2.11 bits per heavy atom. The molecule has 0 atom stereocenters. The number of amides is 2. The van der Waals surface area contributed by atoms with Crippen LogP contribution in [0.4, 0.5) is 5.13 Å². The van der Waals surface area contributed by atoms with Crippen molar-refractivity contribution >= 4 is 39.6 Å². The van der Waals surface area contributed by atoms with Crippen molar-refractivity contribution in [2.75, 3.05) is 25.0 Å². The molecule has 1 saturated heterocycles. The summed E-state index contributed by atoms with van der Waals surface area (Å²) in [6.45, 7) is 5.89. The second kappa shape index (κ2) is 9.96. The van der Waals surface area contributed by atoms with Gasteiger partial charge >= 0.3 is 0 Å². The largest absolute Gasteiger partial charge is 0.352 e. The quantitative estimate of drug-likeness (QED) is 0.657. The van der Waals surface area contributed by atoms with Gasteiger partial charge in [0.2, 0.25) is 5.91 Å². The van der Waals surface area contributed by atoms with Gasteiger partial charge in [-0.25, -0.2) is 4.98 Å². The summed E-state index contributed by atoms with van der Waals surface area (Å²) < 4.78 is 0. The van der Waals surface area contributed by atoms with Gasteiger partial charge in [-0.1, -0.05) is 6.92 Å². The molecule has 2 amide bonds. The standard InChI is InChI=1S/C19H26N4O2S2/c1-14-4-8-23(9-5-14)11-16-13-27-19(21-16)22-17(24)3-2-7-20-18(25)15-6-10-26-12-15/h6,10,12-14H,2-5,7-9,11H2,1H3,(H,20,25)(H,21,22,24). The Bertz CT molecular complexity index is 737. The molecule has 3 heterocycles. The summed E-state index contributed by atoms with van der Waals surface area (Å²) in [7, 11) is 0. The molecule has 1 fully saturated rings. The third kappa shape index (κ3) is 6.41. The maximum Gasteiger partial charge on any atom is 0.252 e. The van der Waals surface area contributed by atoms with E-state index in [4.69, 9.17) is 0 Å². The van der Waals surface area contributed by atoms with Crippen LogP contribution in [0.3, 0.4) is 0 Å². The van der Waals surface area contributed by atoms with E-state index in [1.54, 1.807) is 6.07 Å². The van der Waals surface area contributed by atoms with E-state index in [1.807, 2.05) is 16.1 Å². The van der Waals surface area contributed by atoms with Crippen LogP contribution in [-0.2, 0) is 11.3 Å². The molecule has 1 aliphatic rings. The molecule has 1 aliphatic heterocycles. The molecule has 0 unspecified atom stereocenters. The lowest BCUT2D eigenvalue weighted by Gasteiger charge is -2.29. The SMILES string of the molecule is CC1CCN(Cc2csc(NC(=O)CCCNC(=O)c3ccsc3)n2)CC1. The average molecular weight is 407 g/mol. The molecular formula is C19H26N4O2S2. The van der Waals surface area contributed by atoms with Crippen molar-refractivity contribution in [1.29, 1.82) is 0 Å². The summed E-state index contributed by atoms with van der Waals surface area (Å²) in [5, 5.41) is 12.0. The van der Waals surface area contributed by atoms with Gasteiger partial charge in [-0.2, -0.15) is 11.3 Å². The number of nitrogens with zero attached hydrogens (tertiary/aromatic N) is 2. The summed E-state index contributed by atoms with van der Waals surface area (Å²) in [5.74, 6) is 0.669. The highest BCUT2D eigenvalue weighted by Gasteiger charge is 2.17. The van der Waals surface area contributed by atoms with Crippen LogP contribution in [0.1, 0.15) is 48.7 Å². The Morgan fingerprint density at radius 1 is 1.30 bits per heavy atom. The van der Waals surface area contributed by atoms with Gasteiger partial charge in [-0.15, -0.1) is 11.3 Å². The van der Waals surface area contributed by atoms with Gasteiger partial charge in [0.25, 0.3) is 5.91 Å². The molecule has 0 radical (unpaired) electrons. The van der Waals surface area contributed by atoms with Crippen LogP contribution >= 0.6 is 22.7 Å². The molecule has 0 aromatic carbocycles. The molecule has 0 aliphatic carbocycles. The van der Waals surface area contributed by atoms with Gasteiger partial charge in [0.15, 0.2) is 5.13 Å². The fraction of sp³-hybridized carbons (Fsp3) is 0.526. The van der Waals surface area contributed by atoms with Crippen LogP contribution in [0.2, 0.25) is 0 Å². The Kier molecular flexibility index (Phi) is 7.37. The monoisotopic (exact) mass is 406 g/mol. The third-order valence-electron chi connectivity index (χ3n) is 4.71. The Balaban J connectivity index is 1.33. The van der Waals surface area contributed by atoms with Gasteiger partial charge < -0.3 is 10.6 Å². The summed E-state index contributed by atoms with van der Waals surface area (Å²) in [4.78, 5) is 30.8. The number of thiophene rings is 1. The number of hydrogen-bond donors (Lipinski definition) is 2. The topological polar surface area (TPSA) is 74.3 Å². The molecule has 27 heavy (non-hydrogen) atoms. The molecule has 3 rings (SSSR count). The predicted octanol–water partition coefficient (Wildman–Crippen LogP) is 3.59. The fourth-order valence-electron chi connectivity index (χ4n) is 3.01. The highest BCUT2D eigenvalue weighted by atomic mass is 32.1. The van der Waals surface area contributed by atoms with Gasteiger partial charge in [-0.3, -0.25) is 14.5 Å². The molecule has 0 saturated carbocycles. The van der Waals surface area contributed by atoms with Crippen LogP contribution in [-0.4, -0.2) is 41.3 Å². The lowest BCUT2D eigenvalue weighted by Crippen LogP contribution is -2.32. The fourth-order valence-corrected chi connectivity index (χ4v) is 4.37. The molecular weight excluding hydrogens is 380 g/mol. The van der Waals surface area contributed by atoms with Crippen LogP contribution in [0.15, 0.2) is 22.2 Å². The summed E-state index contributed by atoms with van der Waals surface area (Å²) in [5.41, 5.74) is 1.69. The van der Waals surface area contributed by atoms with Crippen molar-refractivity contribution in [3.05, 3.63) is 33.5 Å². The zero-order valence-corrected chi connectivity index (χ0v) is 17.2. The van der Waals surface area contributed by atoms with Crippen molar-refractivity contribution in [3.63, 3.8) is 0 Å². The zero-order chi connectivity index (χ0) is 19.1. The van der Waals surface area contributed by atoms with Crippen molar-refractivity contribution in [3.8, 4) is 0 Å². The second-order valence-corrected chi connectivity index (χ2v) is 8.66. The van der Waals surface area contributed by atoms with Crippen molar-refractivity contribution in [2.24, 2.45) is 5.92 Å². The van der Waals surface area contributed by atoms with E-state index in [0.717, 1.165) is 31.2 Å². The first-order valence-corrected chi connectivity index (χ1v) is 11.2. The van der Waals surface area contributed by atoms with E-state index in [0.29, 0.717) is 30.1 Å². The van der Waals surface area contributed by atoms with Gasteiger partial charge in [0.05, 0.1) is 5.69 Å². The lowest BCUT2D eigenvalue weighted by atomic mass is 9.99. The van der Waals surface area contributed by atoms with E-state index in [2.05, 4.69) is 27.4 Å². The van der Waals surface area contributed by atoms with E-state index in [1.165, 1.54) is 35.5 Å². The van der Waals surface area contributed by atoms with Crippen LogP contribution in [0.25, 0.3) is 0 Å². The van der Waals surface area contributed by atoms with E-state index >= 15 is 0 Å². The number of rotatable bonds is 8. The third-order valence-corrected chi connectivity index (χ3v) is 6.20. The van der Waals surface area contributed by atoms with E-state index in [9.17, 15) is 9.59 Å². The Labute approximate surface area is 168 Å². The number of nitrogens with one attached hydrogen (secondary N) is 2. The molecule has 0 bridgehead atoms. The average Bonchev–Trinajstić information content (AvgIpc) is 3.33. The number of thiazole rings is 1. The normalized spacial score (nSPS) is 15.6. The number of anilines is 1. The summed E-state index contributed by atoms with van der Waals surface area (Å²) in [6.07, 6.45) is 3.46. The molecule has 2 N–H and O–H groups in total. The number of aromatic nitrogens is 1. The maximum atomic E-state index is 12.1. The van der Waals surface area contributed by atoms with Crippen LogP contribution < -0.4 is 10.6 Å². The number of hydrogen-bond acceptors (Lipinski definition) is 6. The van der Waals surface area contributed by atoms with E-state index in [-0.39, 0.29) is 11.8 Å². The maximum absolute atomic E-state index is 12.1. The molecule has 0 spiro atoms. The number of likely N-dealkylation sites (tertiary alicyclic amines) is 1. The first-order valence-electron chi connectivity index (χ1n) is 9.37. The highest BCUT2D eigenvalue weighted by Crippen LogP contribution is 2.21. The predicted molar refractivity (Wildman–Crippen MR) is 110 cm³/mol. The van der Waals surface area contributed by atoms with Gasteiger partial charge in [-0.05, 0) is 49.7 Å². The van der Waals surface area contributed by atoms with Crippen molar-refractivity contribution in [1.82, 2.24) is 15.2 Å². The molecule has 8 heteroatoms. The van der Waals surface area contributed by atoms with Crippen LogP contribution in [0.5, 0.6) is 0 Å². The minimum atomic E-state index is -0.0895. The molecule has 2 aromatic rings. The number of carbonyl (C=O) groups is 2. The smallest absolute Gasteiger partial charge is 0.252 e. The number of piperidine rings is 1. The first-order chi connectivity index (χ1) is 13.1. The highest BCUT2D eigenvalue weighted by molar-refractivity contribution is 7.13. The molecule has 2 aromatic heterocycles. The number of carbonyl (C=O) groups excluding carboxylic acids is 2. The first kappa shape index (κ1) is 20.0. The van der Waals surface area contributed by atoms with E-state index < -0.39 is 0 Å². The summed E-state index contributed by atoms with van der Waals surface area (Å²) >= 11 is 2.96. The molecule has 146 valence electrons. The zero-order valence-electron chi connectivity index (χ0n) is 15.6. The molecule has 6 nitrogen and oxygen atoms in total. The minimum absolute atomic E-state index is 0.0625. The van der Waals surface area contributed by atoms with Crippen molar-refractivity contribution < 1.29 is 9.59 Å². The van der Waals surface area contributed by atoms with Crippen LogP contribution in [0, 0.1) is 5.92 Å². The van der Waals surface area contributed by atoms with Crippen molar-refractivity contribution in [2.45, 2.75) is 39.2 Å². The van der Waals surface area contributed by atoms with Gasteiger partial charge in [0, 0.05) is 35.8 Å². The Hall–Kier alpha value is -1.77. The lowest BCUT2D eigenvalue weighted by molar-refractivity contribution is -0.116. The second-order valence-electron chi connectivity index (χ2n) is 7.02. The summed E-state index contributed by atoms with van der Waals surface area (Å²) in [6, 6.07) is 1.79. The Morgan fingerprint density at radius 3 is 2.85 bits per heavy atom. The van der Waals surface area contributed by atoms with Gasteiger partial charge in [0.1, 0.15) is 0 Å².